The van der Waals surface area contributed by atoms with Crippen LogP contribution in [-0.4, -0.2) is 12.0 Å². The van der Waals surface area contributed by atoms with Gasteiger partial charge in [-0.1, -0.05) is 53.5 Å². The van der Waals surface area contributed by atoms with Gasteiger partial charge >= 0.3 is 6.18 Å². The summed E-state index contributed by atoms with van der Waals surface area (Å²) in [5.74, 6) is 0.596. The number of ether oxygens (including phenoxy) is 1. The van der Waals surface area contributed by atoms with Crippen molar-refractivity contribution in [2.24, 2.45) is 5.92 Å². The number of halogens is 5. The van der Waals surface area contributed by atoms with Crippen molar-refractivity contribution < 1.29 is 22.7 Å². The van der Waals surface area contributed by atoms with E-state index in [9.17, 15) is 18.0 Å². The Bertz CT molecular complexity index is 1230. The molecule has 0 radical (unpaired) electrons. The number of alkyl halides is 3. The SMILES string of the molecule is O=C(Cc1cccc(-c2ccc3c(c2)CC(c2cc(Cl)cc(Cl)c2)(C(F)(F)F)O3)c1)C1CC1. The van der Waals surface area contributed by atoms with Crippen LogP contribution in [0.1, 0.15) is 29.5 Å². The predicted octanol–water partition coefficient (Wildman–Crippen LogP) is 7.57. The second-order valence-corrected chi connectivity index (χ2v) is 9.57. The lowest BCUT2D eigenvalue weighted by molar-refractivity contribution is -0.248. The third-order valence-electron chi connectivity index (χ3n) is 6.24. The van der Waals surface area contributed by atoms with Crippen molar-refractivity contribution in [3.63, 3.8) is 0 Å². The Balaban J connectivity index is 1.49. The van der Waals surface area contributed by atoms with Gasteiger partial charge in [0.25, 0.3) is 0 Å². The first-order chi connectivity index (χ1) is 15.6. The van der Waals surface area contributed by atoms with Gasteiger partial charge < -0.3 is 4.74 Å². The number of carbonyl (C=O) groups is 1. The standard InChI is InChI=1S/C26H19Cl2F3O2/c27-21-11-20(12-22(28)13-21)25(26(29,30)31)14-19-10-18(6-7-24(19)33-25)17-3-1-2-15(8-17)9-23(32)16-4-5-16/h1-3,6-8,10-13,16H,4-5,9,14H2. The third kappa shape index (κ3) is 4.24. The summed E-state index contributed by atoms with van der Waals surface area (Å²) in [6.45, 7) is 0. The molecule has 0 aromatic heterocycles. The van der Waals surface area contributed by atoms with E-state index in [1.54, 1.807) is 18.2 Å². The zero-order chi connectivity index (χ0) is 23.4. The molecule has 1 atom stereocenters. The Kier molecular flexibility index (Phi) is 5.45. The van der Waals surface area contributed by atoms with Crippen LogP contribution in [0.5, 0.6) is 5.75 Å². The van der Waals surface area contributed by atoms with Gasteiger partial charge in [0.1, 0.15) is 11.5 Å². The maximum Gasteiger partial charge on any atom is 0.432 e. The molecule has 2 aliphatic rings. The second-order valence-electron chi connectivity index (χ2n) is 8.70. The largest absolute Gasteiger partial charge is 0.472 e. The van der Waals surface area contributed by atoms with Crippen LogP contribution in [-0.2, 0) is 23.2 Å². The fraction of sp³-hybridized carbons (Fsp3) is 0.269. The van der Waals surface area contributed by atoms with Crippen molar-refractivity contribution in [3.8, 4) is 16.9 Å². The summed E-state index contributed by atoms with van der Waals surface area (Å²) >= 11 is 12.0. The minimum atomic E-state index is -4.69. The van der Waals surface area contributed by atoms with Crippen molar-refractivity contribution in [2.75, 3.05) is 0 Å². The molecule has 0 bridgehead atoms. The monoisotopic (exact) mass is 490 g/mol. The van der Waals surface area contributed by atoms with Gasteiger partial charge in [-0.05, 0) is 65.4 Å². The van der Waals surface area contributed by atoms with Gasteiger partial charge in [-0.2, -0.15) is 13.2 Å². The van der Waals surface area contributed by atoms with Gasteiger partial charge in [0.15, 0.2) is 0 Å². The topological polar surface area (TPSA) is 26.3 Å². The molecule has 0 N–H and O–H groups in total. The maximum atomic E-state index is 14.4. The lowest BCUT2D eigenvalue weighted by Crippen LogP contribution is -2.46. The lowest BCUT2D eigenvalue weighted by atomic mass is 9.87. The molecule has 1 unspecified atom stereocenters. The van der Waals surface area contributed by atoms with Gasteiger partial charge in [0.05, 0.1) is 0 Å². The number of hydrogen-bond acceptors (Lipinski definition) is 2. The van der Waals surface area contributed by atoms with Crippen LogP contribution in [0.15, 0.2) is 60.7 Å². The van der Waals surface area contributed by atoms with Gasteiger partial charge in [-0.25, -0.2) is 0 Å². The first-order valence-electron chi connectivity index (χ1n) is 10.6. The van der Waals surface area contributed by atoms with Crippen LogP contribution in [0, 0.1) is 5.92 Å². The van der Waals surface area contributed by atoms with E-state index in [-0.39, 0.29) is 33.1 Å². The summed E-state index contributed by atoms with van der Waals surface area (Å²) in [6, 6.07) is 16.5. The Morgan fingerprint density at radius 1 is 0.970 bits per heavy atom. The van der Waals surface area contributed by atoms with Crippen LogP contribution in [0.2, 0.25) is 10.0 Å². The minimum absolute atomic E-state index is 0.110. The zero-order valence-electron chi connectivity index (χ0n) is 17.4. The molecule has 3 aromatic rings. The molecule has 33 heavy (non-hydrogen) atoms. The first-order valence-corrected chi connectivity index (χ1v) is 11.4. The summed E-state index contributed by atoms with van der Waals surface area (Å²) in [6.07, 6.45) is -2.79. The molecular weight excluding hydrogens is 472 g/mol. The Morgan fingerprint density at radius 3 is 2.33 bits per heavy atom. The average molecular weight is 491 g/mol. The first kappa shape index (κ1) is 22.3. The van der Waals surface area contributed by atoms with Crippen LogP contribution in [0.25, 0.3) is 11.1 Å². The molecule has 170 valence electrons. The van der Waals surface area contributed by atoms with E-state index >= 15 is 0 Å². The highest BCUT2D eigenvalue weighted by Crippen LogP contribution is 2.52. The van der Waals surface area contributed by atoms with Crippen LogP contribution < -0.4 is 4.74 Å². The van der Waals surface area contributed by atoms with Crippen molar-refractivity contribution >= 4 is 29.0 Å². The van der Waals surface area contributed by atoms with E-state index in [4.69, 9.17) is 27.9 Å². The second kappa shape index (κ2) is 8.07. The number of ketones is 1. The molecule has 0 amide bonds. The zero-order valence-corrected chi connectivity index (χ0v) is 18.9. The number of fused-ring (bicyclic) bond motifs is 1. The van der Waals surface area contributed by atoms with Crippen LogP contribution >= 0.6 is 23.2 Å². The highest BCUT2D eigenvalue weighted by Gasteiger charge is 2.61. The van der Waals surface area contributed by atoms with Gasteiger partial charge in [0, 0.05) is 34.4 Å². The molecule has 1 fully saturated rings. The molecule has 3 aromatic carbocycles. The van der Waals surface area contributed by atoms with Gasteiger partial charge in [0.2, 0.25) is 5.60 Å². The predicted molar refractivity (Wildman–Crippen MR) is 122 cm³/mol. The summed E-state index contributed by atoms with van der Waals surface area (Å²) < 4.78 is 48.6. The lowest BCUT2D eigenvalue weighted by Gasteiger charge is -2.31. The molecule has 0 saturated heterocycles. The molecule has 1 aliphatic carbocycles. The molecule has 1 aliphatic heterocycles. The molecule has 1 heterocycles. The Hall–Kier alpha value is -2.50. The van der Waals surface area contributed by atoms with Crippen LogP contribution in [0.4, 0.5) is 13.2 Å². The number of Topliss-reactive ketones (excluding diaryl/α,β-unsaturated/α-hetero) is 1. The fourth-order valence-corrected chi connectivity index (χ4v) is 4.90. The highest BCUT2D eigenvalue weighted by atomic mass is 35.5. The normalized spacial score (nSPS) is 19.8. The minimum Gasteiger partial charge on any atom is -0.472 e. The highest BCUT2D eigenvalue weighted by molar-refractivity contribution is 6.34. The smallest absolute Gasteiger partial charge is 0.432 e. The maximum absolute atomic E-state index is 14.4. The summed E-state index contributed by atoms with van der Waals surface area (Å²) in [5, 5.41) is 0.220. The van der Waals surface area contributed by atoms with Crippen LogP contribution in [0.3, 0.4) is 0 Å². The van der Waals surface area contributed by atoms with E-state index in [2.05, 4.69) is 0 Å². The third-order valence-corrected chi connectivity index (χ3v) is 6.68. The number of carbonyl (C=O) groups excluding carboxylic acids is 1. The fourth-order valence-electron chi connectivity index (χ4n) is 4.37. The summed E-state index contributed by atoms with van der Waals surface area (Å²) in [5.41, 5.74) is 0.251. The van der Waals surface area contributed by atoms with Gasteiger partial charge in [-0.3, -0.25) is 4.79 Å². The Labute approximate surface area is 199 Å². The van der Waals surface area contributed by atoms with E-state index in [0.717, 1.165) is 29.5 Å². The van der Waals surface area contributed by atoms with E-state index < -0.39 is 18.2 Å². The number of benzene rings is 3. The molecule has 2 nitrogen and oxygen atoms in total. The van der Waals surface area contributed by atoms with E-state index in [1.165, 1.54) is 18.2 Å². The number of rotatable bonds is 5. The quantitative estimate of drug-likeness (QED) is 0.368. The van der Waals surface area contributed by atoms with E-state index in [0.29, 0.717) is 12.0 Å². The van der Waals surface area contributed by atoms with Crippen molar-refractivity contribution in [1.29, 1.82) is 0 Å². The van der Waals surface area contributed by atoms with Gasteiger partial charge in [-0.15, -0.1) is 0 Å². The van der Waals surface area contributed by atoms with Crippen molar-refractivity contribution in [2.45, 2.75) is 37.5 Å². The molecule has 0 spiro atoms. The molecule has 5 rings (SSSR count). The summed E-state index contributed by atoms with van der Waals surface area (Å²) in [4.78, 5) is 12.2. The summed E-state index contributed by atoms with van der Waals surface area (Å²) in [7, 11) is 0. The molecule has 7 heteroatoms. The average Bonchev–Trinajstić information content (AvgIpc) is 3.52. The van der Waals surface area contributed by atoms with Crippen molar-refractivity contribution in [3.05, 3.63) is 87.4 Å². The molecule has 1 saturated carbocycles. The molecular formula is C26H19Cl2F3O2. The number of hydrogen-bond donors (Lipinski definition) is 0. The Morgan fingerprint density at radius 2 is 1.67 bits per heavy atom. The van der Waals surface area contributed by atoms with E-state index in [1.807, 2.05) is 24.3 Å². The van der Waals surface area contributed by atoms with Crippen molar-refractivity contribution in [1.82, 2.24) is 0 Å².